The van der Waals surface area contributed by atoms with Gasteiger partial charge in [0.25, 0.3) is 0 Å². The summed E-state index contributed by atoms with van der Waals surface area (Å²) < 4.78 is 7.62. The third-order valence-electron chi connectivity index (χ3n) is 5.14. The lowest BCUT2D eigenvalue weighted by Gasteiger charge is -2.27. The second-order valence-corrected chi connectivity index (χ2v) is 7.03. The Morgan fingerprint density at radius 2 is 2.00 bits per heavy atom. The van der Waals surface area contributed by atoms with Crippen molar-refractivity contribution in [3.8, 4) is 5.69 Å². The van der Waals surface area contributed by atoms with Crippen molar-refractivity contribution in [2.45, 2.75) is 26.4 Å². The van der Waals surface area contributed by atoms with Gasteiger partial charge in [-0.1, -0.05) is 18.2 Å². The Morgan fingerprint density at radius 3 is 2.80 bits per heavy atom. The number of aromatic nitrogens is 2. The highest BCUT2D eigenvalue weighted by Crippen LogP contribution is 2.22. The second kappa shape index (κ2) is 6.61. The molecule has 132 valence electrons. The van der Waals surface area contributed by atoms with Gasteiger partial charge >= 0.3 is 0 Å². The number of amides is 1. The van der Waals surface area contributed by atoms with E-state index in [1.54, 1.807) is 0 Å². The summed E-state index contributed by atoms with van der Waals surface area (Å²) in [6.45, 7) is 7.66. The average Bonchev–Trinajstić information content (AvgIpc) is 2.73. The number of aryl methyl sites for hydroxylation is 1. The van der Waals surface area contributed by atoms with Crippen molar-refractivity contribution < 1.29 is 9.53 Å². The van der Waals surface area contributed by atoms with Gasteiger partial charge in [-0.05, 0) is 26.0 Å². The molecule has 2 aromatic rings. The molecule has 1 aromatic carbocycles. The van der Waals surface area contributed by atoms with Crippen molar-refractivity contribution in [3.63, 3.8) is 0 Å². The number of benzene rings is 1. The number of nitrogens with zero attached hydrogens (tertiary/aromatic N) is 3. The van der Waals surface area contributed by atoms with Crippen LogP contribution in [0.15, 0.2) is 30.3 Å². The maximum absolute atomic E-state index is 12.2. The summed E-state index contributed by atoms with van der Waals surface area (Å²) in [7, 11) is 0. The van der Waals surface area contributed by atoms with Gasteiger partial charge in [-0.2, -0.15) is 5.10 Å². The Hall–Kier alpha value is -2.18. The van der Waals surface area contributed by atoms with Crippen LogP contribution in [0.1, 0.15) is 17.0 Å². The number of carbonyl (C=O) groups excluding carboxylic acids is 1. The molecule has 2 bridgehead atoms. The predicted octanol–water partition coefficient (Wildman–Crippen LogP) is 1.44. The summed E-state index contributed by atoms with van der Waals surface area (Å²) in [6, 6.07) is 10.3. The maximum Gasteiger partial charge on any atom is 0.227 e. The van der Waals surface area contributed by atoms with Gasteiger partial charge in [-0.15, -0.1) is 0 Å². The van der Waals surface area contributed by atoms with Gasteiger partial charge in [0, 0.05) is 30.9 Å². The van der Waals surface area contributed by atoms with E-state index in [9.17, 15) is 4.79 Å². The van der Waals surface area contributed by atoms with E-state index in [0.717, 1.165) is 36.7 Å². The van der Waals surface area contributed by atoms with Crippen LogP contribution in [0.3, 0.4) is 0 Å². The standard InChI is InChI=1S/C19H24N4O2/c1-13-18(14(2)23(21-13)17-6-4-3-5-7-17)10-22-8-15-11-25-12-16(9-22)20-19(15)24/h3-7,15-16H,8-12H2,1-2H3,(H,20,24)/t15-,16+/m1/s1. The van der Waals surface area contributed by atoms with Crippen molar-refractivity contribution in [2.75, 3.05) is 26.3 Å². The maximum atomic E-state index is 12.2. The SMILES string of the molecule is Cc1nn(-c2ccccc2)c(C)c1CN1C[C@H]2COC[C@@H](C1)C(=O)N2. The Balaban J connectivity index is 1.59. The molecule has 2 saturated heterocycles. The first kappa shape index (κ1) is 16.3. The number of rotatable bonds is 3. The van der Waals surface area contributed by atoms with Crippen LogP contribution in [0, 0.1) is 19.8 Å². The molecule has 1 N–H and O–H groups in total. The minimum absolute atomic E-state index is 0.0739. The fourth-order valence-electron chi connectivity index (χ4n) is 3.80. The van der Waals surface area contributed by atoms with Gasteiger partial charge in [0.1, 0.15) is 0 Å². The van der Waals surface area contributed by atoms with E-state index in [1.165, 1.54) is 5.56 Å². The number of ether oxygens (including phenoxy) is 1. The van der Waals surface area contributed by atoms with Crippen molar-refractivity contribution in [2.24, 2.45) is 5.92 Å². The van der Waals surface area contributed by atoms with Crippen LogP contribution in [0.2, 0.25) is 0 Å². The molecule has 2 aliphatic rings. The fourth-order valence-corrected chi connectivity index (χ4v) is 3.80. The zero-order valence-corrected chi connectivity index (χ0v) is 14.7. The monoisotopic (exact) mass is 340 g/mol. The molecule has 6 nitrogen and oxygen atoms in total. The number of para-hydroxylation sites is 1. The molecule has 4 rings (SSSR count). The number of hydrogen-bond donors (Lipinski definition) is 1. The smallest absolute Gasteiger partial charge is 0.227 e. The molecule has 2 fully saturated rings. The zero-order chi connectivity index (χ0) is 17.4. The Kier molecular flexibility index (Phi) is 4.31. The third kappa shape index (κ3) is 3.19. The minimum Gasteiger partial charge on any atom is -0.378 e. The van der Waals surface area contributed by atoms with Crippen LogP contribution in [-0.4, -0.2) is 52.9 Å². The highest BCUT2D eigenvalue weighted by molar-refractivity contribution is 5.80. The molecule has 3 heterocycles. The van der Waals surface area contributed by atoms with Crippen molar-refractivity contribution in [1.82, 2.24) is 20.0 Å². The highest BCUT2D eigenvalue weighted by atomic mass is 16.5. The van der Waals surface area contributed by atoms with Crippen LogP contribution in [0.5, 0.6) is 0 Å². The zero-order valence-electron chi connectivity index (χ0n) is 14.7. The lowest BCUT2D eigenvalue weighted by molar-refractivity contribution is -0.125. The van der Waals surface area contributed by atoms with Gasteiger partial charge in [0.05, 0.1) is 36.6 Å². The molecule has 6 heteroatoms. The first-order valence-corrected chi connectivity index (χ1v) is 8.83. The van der Waals surface area contributed by atoms with Crippen LogP contribution in [-0.2, 0) is 16.1 Å². The normalized spacial score (nSPS) is 24.0. The summed E-state index contributed by atoms with van der Waals surface area (Å²) in [5.41, 5.74) is 4.53. The van der Waals surface area contributed by atoms with Gasteiger partial charge < -0.3 is 10.1 Å². The lowest BCUT2D eigenvalue weighted by Crippen LogP contribution is -2.41. The van der Waals surface area contributed by atoms with Crippen LogP contribution >= 0.6 is 0 Å². The molecule has 1 amide bonds. The molecule has 2 atom stereocenters. The third-order valence-corrected chi connectivity index (χ3v) is 5.14. The van der Waals surface area contributed by atoms with E-state index < -0.39 is 0 Å². The summed E-state index contributed by atoms with van der Waals surface area (Å²) in [4.78, 5) is 14.5. The topological polar surface area (TPSA) is 59.4 Å². The van der Waals surface area contributed by atoms with Crippen LogP contribution < -0.4 is 5.32 Å². The van der Waals surface area contributed by atoms with Crippen molar-refractivity contribution in [3.05, 3.63) is 47.3 Å². The van der Waals surface area contributed by atoms with E-state index in [1.807, 2.05) is 22.9 Å². The van der Waals surface area contributed by atoms with Gasteiger partial charge in [-0.25, -0.2) is 4.68 Å². The molecular weight excluding hydrogens is 316 g/mol. The molecule has 0 unspecified atom stereocenters. The molecule has 2 aliphatic heterocycles. The largest absolute Gasteiger partial charge is 0.378 e. The van der Waals surface area contributed by atoms with E-state index >= 15 is 0 Å². The minimum atomic E-state index is -0.0859. The second-order valence-electron chi connectivity index (χ2n) is 7.03. The number of fused-ring (bicyclic) bond motifs is 3. The van der Waals surface area contributed by atoms with Crippen LogP contribution in [0.4, 0.5) is 0 Å². The molecular formula is C19H24N4O2. The lowest BCUT2D eigenvalue weighted by atomic mass is 10.1. The highest BCUT2D eigenvalue weighted by Gasteiger charge is 2.33. The number of hydrogen-bond acceptors (Lipinski definition) is 4. The number of nitrogens with one attached hydrogen (secondary N) is 1. The van der Waals surface area contributed by atoms with E-state index in [0.29, 0.717) is 13.2 Å². The van der Waals surface area contributed by atoms with Crippen LogP contribution in [0.25, 0.3) is 5.69 Å². The summed E-state index contributed by atoms with van der Waals surface area (Å²) in [6.07, 6.45) is 0. The average molecular weight is 340 g/mol. The van der Waals surface area contributed by atoms with Gasteiger partial charge in [-0.3, -0.25) is 9.69 Å². The molecule has 0 spiro atoms. The molecule has 25 heavy (non-hydrogen) atoms. The first-order chi connectivity index (χ1) is 12.1. The Bertz CT molecular complexity index is 771. The van der Waals surface area contributed by atoms with E-state index in [4.69, 9.17) is 9.84 Å². The Morgan fingerprint density at radius 1 is 1.20 bits per heavy atom. The summed E-state index contributed by atoms with van der Waals surface area (Å²) >= 11 is 0. The fraction of sp³-hybridized carbons (Fsp3) is 0.474. The van der Waals surface area contributed by atoms with E-state index in [2.05, 4.69) is 36.2 Å². The molecule has 0 saturated carbocycles. The number of carbonyl (C=O) groups is 1. The summed E-state index contributed by atoms with van der Waals surface area (Å²) in [5.74, 6) is 0.0377. The van der Waals surface area contributed by atoms with Gasteiger partial charge in [0.2, 0.25) is 5.91 Å². The Labute approximate surface area is 147 Å². The molecule has 1 aromatic heterocycles. The quantitative estimate of drug-likeness (QED) is 0.918. The van der Waals surface area contributed by atoms with Crippen molar-refractivity contribution in [1.29, 1.82) is 0 Å². The van der Waals surface area contributed by atoms with Gasteiger partial charge in [0.15, 0.2) is 0 Å². The van der Waals surface area contributed by atoms with Crippen molar-refractivity contribution >= 4 is 5.91 Å². The first-order valence-electron chi connectivity index (χ1n) is 8.83. The summed E-state index contributed by atoms with van der Waals surface area (Å²) in [5, 5.41) is 7.83. The van der Waals surface area contributed by atoms with E-state index in [-0.39, 0.29) is 17.9 Å². The molecule has 0 radical (unpaired) electrons. The molecule has 0 aliphatic carbocycles. The predicted molar refractivity (Wildman–Crippen MR) is 94.6 cm³/mol.